The molecule has 1 aliphatic rings. The van der Waals surface area contributed by atoms with Gasteiger partial charge in [-0.3, -0.25) is 14.7 Å². The van der Waals surface area contributed by atoms with Crippen molar-refractivity contribution in [3.63, 3.8) is 0 Å². The van der Waals surface area contributed by atoms with Crippen molar-refractivity contribution in [3.05, 3.63) is 51.4 Å². The first-order valence-corrected chi connectivity index (χ1v) is 8.65. The summed E-state index contributed by atoms with van der Waals surface area (Å²) in [7, 11) is -4.64. The van der Waals surface area contributed by atoms with E-state index in [0.717, 1.165) is 10.8 Å². The Bertz CT molecular complexity index is 676. The van der Waals surface area contributed by atoms with E-state index in [1.54, 1.807) is 11.5 Å². The minimum absolute atomic E-state index is 0.0606. The second kappa shape index (κ2) is 5.43. The molecule has 19 heavy (non-hydrogen) atoms. The Morgan fingerprint density at radius 3 is 2.47 bits per heavy atom. The first-order valence-electron chi connectivity index (χ1n) is 4.74. The molecule has 1 atom stereocenters. The lowest BCUT2D eigenvalue weighted by molar-refractivity contribution is -0.384. The Morgan fingerprint density at radius 2 is 1.95 bits per heavy atom. The molecule has 1 heterocycles. The van der Waals surface area contributed by atoms with Gasteiger partial charge in [0.25, 0.3) is 5.69 Å². The summed E-state index contributed by atoms with van der Waals surface area (Å²) >= 11 is 0. The summed E-state index contributed by atoms with van der Waals surface area (Å²) in [5, 5.41) is 12.2. The molecule has 0 radical (unpaired) electrons. The zero-order chi connectivity index (χ0) is 14.0. The van der Waals surface area contributed by atoms with Crippen molar-refractivity contribution in [1.82, 2.24) is 0 Å². The second-order valence-corrected chi connectivity index (χ2v) is 7.56. The molecule has 0 saturated heterocycles. The fourth-order valence-electron chi connectivity index (χ4n) is 1.32. The van der Waals surface area contributed by atoms with Crippen molar-refractivity contribution in [3.8, 4) is 0 Å². The summed E-state index contributed by atoms with van der Waals surface area (Å²) in [6.07, 6.45) is 1.64. The van der Waals surface area contributed by atoms with Gasteiger partial charge >= 0.3 is 10.4 Å². The van der Waals surface area contributed by atoms with E-state index >= 15 is 0 Å². The van der Waals surface area contributed by atoms with Gasteiger partial charge in [0.15, 0.2) is 0 Å². The van der Waals surface area contributed by atoms with Crippen molar-refractivity contribution in [2.45, 2.75) is 0 Å². The molecule has 1 aromatic rings. The Hall–Kier alpha value is -1.20. The molecule has 0 spiro atoms. The van der Waals surface area contributed by atoms with Gasteiger partial charge < -0.3 is 0 Å². The fourth-order valence-corrected chi connectivity index (χ4v) is 5.51. The lowest BCUT2D eigenvalue weighted by Gasteiger charge is -2.05. The topological polar surface area (TPSA) is 107 Å². The maximum absolute atomic E-state index is 10.7. The number of nitrogens with zero attached hydrogens (tertiary/aromatic N) is 1. The summed E-state index contributed by atoms with van der Waals surface area (Å²) < 4.78 is 34.6. The van der Waals surface area contributed by atoms with Crippen LogP contribution < -0.4 is 0 Å². The maximum Gasteiger partial charge on any atom is 0.408 e. The van der Waals surface area contributed by atoms with Gasteiger partial charge in [-0.15, -0.1) is 0 Å². The van der Waals surface area contributed by atoms with Gasteiger partial charge in [0.1, 0.15) is 0 Å². The molecule has 0 aromatic heterocycles. The molecule has 1 aliphatic heterocycles. The molecule has 0 aliphatic carbocycles. The molecular weight excluding hydrogens is 314 g/mol. The number of allylic oxidation sites excluding steroid dienone is 1. The Kier molecular flexibility index (Phi) is 4.06. The lowest BCUT2D eigenvalue weighted by atomic mass is 10.1. The second-order valence-electron chi connectivity index (χ2n) is 3.30. The van der Waals surface area contributed by atoms with Crippen molar-refractivity contribution in [2.75, 3.05) is 0 Å². The smallest absolute Gasteiger partial charge is 0.263 e. The predicted octanol–water partition coefficient (Wildman–Crippen LogP) is 2.29. The van der Waals surface area contributed by atoms with Crippen molar-refractivity contribution in [2.24, 2.45) is 0 Å². The Morgan fingerprint density at radius 1 is 1.32 bits per heavy atom. The van der Waals surface area contributed by atoms with E-state index in [9.17, 15) is 18.5 Å². The Balaban J connectivity index is 2.36. The number of benzene rings is 1. The molecule has 0 fully saturated rings. The van der Waals surface area contributed by atoms with Gasteiger partial charge in [-0.25, -0.2) is 0 Å². The first kappa shape index (κ1) is 14.2. The van der Waals surface area contributed by atoms with Gasteiger partial charge in [0.2, 0.25) is 0 Å². The minimum atomic E-state index is -4.55. The van der Waals surface area contributed by atoms with Crippen LogP contribution in [0.15, 0.2) is 35.7 Å². The molecule has 1 N–H and O–H groups in total. The van der Waals surface area contributed by atoms with Crippen LogP contribution in [0.5, 0.6) is 0 Å². The van der Waals surface area contributed by atoms with Crippen LogP contribution in [0.25, 0.3) is 0 Å². The first-order chi connectivity index (χ1) is 8.87. The quantitative estimate of drug-likeness (QED) is 0.298. The predicted molar refractivity (Wildman–Crippen MR) is 74.2 cm³/mol. The van der Waals surface area contributed by atoms with E-state index in [1.165, 1.54) is 24.3 Å². The third-order valence-corrected chi connectivity index (χ3v) is 6.28. The van der Waals surface area contributed by atoms with E-state index < -0.39 is 25.1 Å². The number of rotatable bonds is 4. The van der Waals surface area contributed by atoms with Gasteiger partial charge in [-0.1, -0.05) is 0 Å². The molecule has 7 nitrogen and oxygen atoms in total. The standard InChI is InChI=1S/C9H7NO6S3/c11-10(12)8-3-1-7(2-4-8)9-5-6-17-18(9)16-19(13,14)15/h1-6H,(H,13,14,15). The monoisotopic (exact) mass is 321 g/mol. The summed E-state index contributed by atoms with van der Waals surface area (Å²) in [6.45, 7) is 0. The summed E-state index contributed by atoms with van der Waals surface area (Å²) in [4.78, 5) is 10.5. The maximum atomic E-state index is 10.7. The van der Waals surface area contributed by atoms with Gasteiger partial charge in [-0.05, 0) is 40.0 Å². The summed E-state index contributed by atoms with van der Waals surface area (Å²) in [5.74, 6) is 0. The average Bonchev–Trinajstić information content (AvgIpc) is 2.75. The van der Waals surface area contributed by atoms with Crippen LogP contribution in [-0.2, 0) is 14.0 Å². The van der Waals surface area contributed by atoms with E-state index in [1.807, 2.05) is 0 Å². The van der Waals surface area contributed by atoms with Crippen LogP contribution in [0.4, 0.5) is 5.69 Å². The number of hydrogen-bond donors (Lipinski definition) is 1. The van der Waals surface area contributed by atoms with Crippen LogP contribution >= 0.6 is 20.6 Å². The molecule has 10 heteroatoms. The Labute approximate surface area is 114 Å². The van der Waals surface area contributed by atoms with Crippen molar-refractivity contribution < 1.29 is 21.5 Å². The molecule has 1 aromatic carbocycles. The zero-order valence-electron chi connectivity index (χ0n) is 9.12. The van der Waals surface area contributed by atoms with E-state index in [-0.39, 0.29) is 5.69 Å². The fraction of sp³-hybridized carbons (Fsp3) is 0. The van der Waals surface area contributed by atoms with E-state index in [0.29, 0.717) is 10.4 Å². The third kappa shape index (κ3) is 3.64. The van der Waals surface area contributed by atoms with E-state index in [2.05, 4.69) is 3.63 Å². The molecular formula is C9H7NO6S3. The zero-order valence-corrected chi connectivity index (χ0v) is 11.6. The summed E-state index contributed by atoms with van der Waals surface area (Å²) in [6, 6.07) is 5.62. The molecule has 0 bridgehead atoms. The van der Waals surface area contributed by atoms with Gasteiger partial charge in [0, 0.05) is 26.8 Å². The van der Waals surface area contributed by atoms with Crippen LogP contribution in [0, 0.1) is 10.1 Å². The normalized spacial score (nSPS) is 18.8. The largest absolute Gasteiger partial charge is 0.408 e. The third-order valence-electron chi connectivity index (χ3n) is 2.05. The van der Waals surface area contributed by atoms with E-state index in [4.69, 9.17) is 4.55 Å². The van der Waals surface area contributed by atoms with Crippen LogP contribution in [0.2, 0.25) is 0 Å². The molecule has 0 saturated carbocycles. The SMILES string of the molecule is O=[N+]([O-])c1ccc(C2=S(OS(=O)(=O)O)SC=C2)cc1. The average molecular weight is 321 g/mol. The molecule has 0 amide bonds. The highest BCUT2D eigenvalue weighted by Gasteiger charge is 2.18. The van der Waals surface area contributed by atoms with Crippen LogP contribution in [0.3, 0.4) is 0 Å². The highest BCUT2D eigenvalue weighted by atomic mass is 33.1. The van der Waals surface area contributed by atoms with Gasteiger partial charge in [0.05, 0.1) is 4.92 Å². The summed E-state index contributed by atoms with van der Waals surface area (Å²) in [5.41, 5.74) is 0.536. The minimum Gasteiger partial charge on any atom is -0.263 e. The molecule has 2 rings (SSSR count). The van der Waals surface area contributed by atoms with Crippen LogP contribution in [0.1, 0.15) is 5.56 Å². The van der Waals surface area contributed by atoms with Crippen molar-refractivity contribution >= 4 is 41.5 Å². The molecule has 1 unspecified atom stereocenters. The highest BCUT2D eigenvalue weighted by molar-refractivity contribution is 8.84. The lowest BCUT2D eigenvalue weighted by Crippen LogP contribution is -2.01. The number of non-ortho nitro benzene ring substituents is 1. The van der Waals surface area contributed by atoms with Gasteiger partial charge in [-0.2, -0.15) is 12.0 Å². The van der Waals surface area contributed by atoms with Crippen molar-refractivity contribution in [1.29, 1.82) is 0 Å². The highest BCUT2D eigenvalue weighted by Crippen LogP contribution is 2.42. The number of hydrogen-bond acceptors (Lipinski definition) is 6. The number of nitro benzene ring substituents is 1. The van der Waals surface area contributed by atoms with Crippen LogP contribution in [-0.4, -0.2) is 22.8 Å². The molecule has 102 valence electrons. The number of nitro groups is 1.